The Morgan fingerprint density at radius 2 is 1.75 bits per heavy atom. The first-order chi connectivity index (χ1) is 10.9. The molecule has 0 spiro atoms. The molecule has 1 nitrogen and oxygen atoms in total. The minimum atomic E-state index is -0.396. The molecule has 0 saturated heterocycles. The van der Waals surface area contributed by atoms with Crippen LogP contribution < -0.4 is 0 Å². The quantitative estimate of drug-likeness (QED) is 0.259. The summed E-state index contributed by atoms with van der Waals surface area (Å²) in [4.78, 5) is 0. The summed E-state index contributed by atoms with van der Waals surface area (Å²) in [6, 6.07) is 0. The van der Waals surface area contributed by atoms with E-state index >= 15 is 0 Å². The number of rotatable bonds is 7. The van der Waals surface area contributed by atoms with E-state index in [1.54, 1.807) is 0 Å². The molecule has 134 valence electrons. The van der Waals surface area contributed by atoms with Gasteiger partial charge in [0.1, 0.15) is 0 Å². The zero-order chi connectivity index (χ0) is 18.1. The van der Waals surface area contributed by atoms with Gasteiger partial charge in [-0.05, 0) is 39.7 Å². The lowest BCUT2D eigenvalue weighted by Gasteiger charge is -2.15. The molecule has 0 radical (unpaired) electrons. The molecule has 0 heterocycles. The average Bonchev–Trinajstić information content (AvgIpc) is 2.53. The molecule has 0 amide bonds. The van der Waals surface area contributed by atoms with Gasteiger partial charge in [0, 0.05) is 18.8 Å². The molecule has 0 bridgehead atoms. The van der Waals surface area contributed by atoms with E-state index < -0.39 is 6.10 Å². The second-order valence-corrected chi connectivity index (χ2v) is 5.58. The van der Waals surface area contributed by atoms with Crippen LogP contribution in [0.25, 0.3) is 0 Å². The molecular formula is C23H36O. The maximum Gasteiger partial charge on any atom is 0.0807 e. The van der Waals surface area contributed by atoms with Gasteiger partial charge in [-0.2, -0.15) is 0 Å². The predicted molar refractivity (Wildman–Crippen MR) is 111 cm³/mol. The van der Waals surface area contributed by atoms with Crippen LogP contribution in [-0.4, -0.2) is 11.2 Å². The van der Waals surface area contributed by atoms with Gasteiger partial charge in [0.05, 0.1) is 6.10 Å². The van der Waals surface area contributed by atoms with Crippen molar-refractivity contribution in [1.82, 2.24) is 0 Å². The van der Waals surface area contributed by atoms with Gasteiger partial charge in [0.25, 0.3) is 0 Å². The molecule has 0 aliphatic heterocycles. The van der Waals surface area contributed by atoms with Crippen molar-refractivity contribution in [3.05, 3.63) is 47.6 Å². The Hall–Kier alpha value is -1.96. The van der Waals surface area contributed by atoms with E-state index in [0.717, 1.165) is 18.4 Å². The van der Waals surface area contributed by atoms with Crippen LogP contribution in [0.15, 0.2) is 47.6 Å². The number of hydrogen-bond acceptors (Lipinski definition) is 1. The summed E-state index contributed by atoms with van der Waals surface area (Å²) in [5.41, 5.74) is 2.35. The van der Waals surface area contributed by atoms with Gasteiger partial charge in [-0.15, -0.1) is 24.7 Å². The van der Waals surface area contributed by atoms with Crippen LogP contribution in [0.1, 0.15) is 61.3 Å². The molecule has 0 aromatic rings. The first-order valence-electron chi connectivity index (χ1n) is 8.05. The van der Waals surface area contributed by atoms with Crippen molar-refractivity contribution in [3.8, 4) is 24.7 Å². The molecular weight excluding hydrogens is 292 g/mol. The standard InChI is InChI=1S/C14H20O.C8H12.CH4/c1-5-7-8-9-10-11-13(4)14(15)12(3)6-2;1-4-5-6-7-8(2)3;/h1,6,8-11,13-15H,7H2,2-4H3;1,7H,5-6H2,2-3H3;1H4/b9-8+,11-10+,12-6+;;/t13-,14+;;/m0../s1. The van der Waals surface area contributed by atoms with Crippen molar-refractivity contribution in [2.75, 3.05) is 0 Å². The summed E-state index contributed by atoms with van der Waals surface area (Å²) in [5.74, 6) is 5.23. The fourth-order valence-corrected chi connectivity index (χ4v) is 1.59. The third-order valence-corrected chi connectivity index (χ3v) is 3.16. The van der Waals surface area contributed by atoms with Gasteiger partial charge in [-0.25, -0.2) is 0 Å². The fourth-order valence-electron chi connectivity index (χ4n) is 1.59. The van der Waals surface area contributed by atoms with E-state index in [0.29, 0.717) is 6.42 Å². The van der Waals surface area contributed by atoms with Gasteiger partial charge < -0.3 is 5.11 Å². The van der Waals surface area contributed by atoms with Crippen molar-refractivity contribution in [1.29, 1.82) is 0 Å². The van der Waals surface area contributed by atoms with E-state index in [1.165, 1.54) is 5.57 Å². The Labute approximate surface area is 151 Å². The second-order valence-electron chi connectivity index (χ2n) is 5.58. The van der Waals surface area contributed by atoms with Gasteiger partial charge in [0.15, 0.2) is 0 Å². The van der Waals surface area contributed by atoms with Crippen LogP contribution >= 0.6 is 0 Å². The van der Waals surface area contributed by atoms with Crippen molar-refractivity contribution < 1.29 is 5.11 Å². The SMILES string of the molecule is C.C#CC/C=C/C=C/[C@H](C)[C@H](O)/C(C)=C/C.C#CCCC=C(C)C. The lowest BCUT2D eigenvalue weighted by molar-refractivity contribution is 0.173. The highest BCUT2D eigenvalue weighted by Gasteiger charge is 2.11. The highest BCUT2D eigenvalue weighted by molar-refractivity contribution is 5.12. The fraction of sp³-hybridized carbons (Fsp3) is 0.478. The number of unbranched alkanes of at least 4 members (excludes halogenated alkanes) is 1. The highest BCUT2D eigenvalue weighted by Crippen LogP contribution is 2.13. The van der Waals surface area contributed by atoms with Crippen molar-refractivity contribution in [2.24, 2.45) is 5.92 Å². The minimum absolute atomic E-state index is 0. The molecule has 0 aliphatic carbocycles. The lowest BCUT2D eigenvalue weighted by Crippen LogP contribution is -2.16. The molecule has 0 rings (SSSR count). The third kappa shape index (κ3) is 18.1. The number of aliphatic hydroxyl groups is 1. The molecule has 0 fully saturated rings. The molecule has 1 heteroatoms. The highest BCUT2D eigenvalue weighted by atomic mass is 16.3. The maximum atomic E-state index is 9.81. The molecule has 0 saturated carbocycles. The molecule has 24 heavy (non-hydrogen) atoms. The van der Waals surface area contributed by atoms with Crippen LogP contribution in [0.3, 0.4) is 0 Å². The molecule has 1 N–H and O–H groups in total. The van der Waals surface area contributed by atoms with Gasteiger partial charge in [-0.3, -0.25) is 0 Å². The maximum absolute atomic E-state index is 9.81. The second kappa shape index (κ2) is 19.1. The summed E-state index contributed by atoms with van der Waals surface area (Å²) in [6.45, 7) is 10.0. The topological polar surface area (TPSA) is 20.2 Å². The number of hydrogen-bond donors (Lipinski definition) is 1. The Kier molecular flexibility index (Phi) is 21.4. The zero-order valence-corrected chi connectivity index (χ0v) is 15.3. The number of aliphatic hydroxyl groups excluding tert-OH is 1. The summed E-state index contributed by atoms with van der Waals surface area (Å²) < 4.78 is 0. The van der Waals surface area contributed by atoms with Crippen LogP contribution in [0, 0.1) is 30.6 Å². The molecule has 0 aromatic carbocycles. The van der Waals surface area contributed by atoms with Gasteiger partial charge >= 0.3 is 0 Å². The van der Waals surface area contributed by atoms with Crippen LogP contribution in [0.2, 0.25) is 0 Å². The van der Waals surface area contributed by atoms with Crippen LogP contribution in [0.4, 0.5) is 0 Å². The molecule has 0 unspecified atom stereocenters. The summed E-state index contributed by atoms with van der Waals surface area (Å²) >= 11 is 0. The Balaban J connectivity index is -0.000000419. The van der Waals surface area contributed by atoms with Crippen molar-refractivity contribution in [3.63, 3.8) is 0 Å². The predicted octanol–water partition coefficient (Wildman–Crippen LogP) is 6.09. The van der Waals surface area contributed by atoms with E-state index in [4.69, 9.17) is 12.8 Å². The van der Waals surface area contributed by atoms with Gasteiger partial charge in [-0.1, -0.05) is 56.4 Å². The summed E-state index contributed by atoms with van der Waals surface area (Å²) in [7, 11) is 0. The number of terminal acetylenes is 2. The van der Waals surface area contributed by atoms with E-state index in [1.807, 2.05) is 51.2 Å². The lowest BCUT2D eigenvalue weighted by atomic mass is 9.98. The molecule has 0 aromatic heterocycles. The zero-order valence-electron chi connectivity index (χ0n) is 15.3. The Morgan fingerprint density at radius 1 is 1.12 bits per heavy atom. The largest absolute Gasteiger partial charge is 0.388 e. The molecule has 2 atom stereocenters. The van der Waals surface area contributed by atoms with E-state index in [-0.39, 0.29) is 13.3 Å². The minimum Gasteiger partial charge on any atom is -0.388 e. The van der Waals surface area contributed by atoms with E-state index in [2.05, 4.69) is 31.8 Å². The summed E-state index contributed by atoms with van der Waals surface area (Å²) in [6.07, 6.45) is 24.1. The Bertz CT molecular complexity index is 485. The third-order valence-electron chi connectivity index (χ3n) is 3.16. The van der Waals surface area contributed by atoms with E-state index in [9.17, 15) is 5.11 Å². The van der Waals surface area contributed by atoms with Crippen LogP contribution in [-0.2, 0) is 0 Å². The molecule has 0 aliphatic rings. The average molecular weight is 329 g/mol. The van der Waals surface area contributed by atoms with Gasteiger partial charge in [0.2, 0.25) is 0 Å². The first kappa shape index (κ1) is 26.9. The summed E-state index contributed by atoms with van der Waals surface area (Å²) in [5, 5.41) is 9.81. The Morgan fingerprint density at radius 3 is 2.21 bits per heavy atom. The van der Waals surface area contributed by atoms with Crippen molar-refractivity contribution >= 4 is 0 Å². The smallest absolute Gasteiger partial charge is 0.0807 e. The normalized spacial score (nSPS) is 13.1. The first-order valence-corrected chi connectivity index (χ1v) is 8.05. The number of allylic oxidation sites excluding steroid dienone is 6. The van der Waals surface area contributed by atoms with Crippen LogP contribution in [0.5, 0.6) is 0 Å². The monoisotopic (exact) mass is 328 g/mol. The van der Waals surface area contributed by atoms with Crippen molar-refractivity contribution in [2.45, 2.75) is 67.4 Å².